The second-order valence-electron chi connectivity index (χ2n) is 12.8. The Kier molecular flexibility index (Phi) is 9.43. The molecule has 0 saturated carbocycles. The SMILES string of the molecule is CC(OC(=O)Nc1ccccc1)[C@]1(OB(O)c2ccccc2)Cc2c(O)c3c(c(O)c2[C@@H](OB(O)c2ccccc2)C1)C(=O)c1ccccc1C3=O. The van der Waals surface area contributed by atoms with Crippen molar-refractivity contribution in [2.24, 2.45) is 0 Å². The molecule has 0 radical (unpaired) electrons. The van der Waals surface area contributed by atoms with Gasteiger partial charge in [0.25, 0.3) is 0 Å². The number of rotatable bonds is 9. The summed E-state index contributed by atoms with van der Waals surface area (Å²) < 4.78 is 18.6. The molecule has 2 aliphatic rings. The number of nitrogens with one attached hydrogen (secondary N) is 1. The Bertz CT molecular complexity index is 2150. The van der Waals surface area contributed by atoms with Gasteiger partial charge in [0, 0.05) is 40.8 Å². The minimum atomic E-state index is -1.73. The minimum absolute atomic E-state index is 0.0486. The number of ether oxygens (including phenoxy) is 1. The van der Waals surface area contributed by atoms with E-state index in [4.69, 9.17) is 14.0 Å². The Hall–Kier alpha value is -5.72. The largest absolute Gasteiger partial charge is 0.507 e. The van der Waals surface area contributed by atoms with Crippen LogP contribution in [0.5, 0.6) is 11.5 Å². The molecule has 5 aromatic rings. The molecule has 0 fully saturated rings. The number of carbonyl (C=O) groups excluding carboxylic acids is 3. The number of phenols is 2. The number of para-hydroxylation sites is 1. The van der Waals surface area contributed by atoms with Crippen molar-refractivity contribution in [3.8, 4) is 11.5 Å². The highest BCUT2D eigenvalue weighted by Gasteiger charge is 2.52. The Morgan fingerprint density at radius 1 is 0.750 bits per heavy atom. The molecular formula is C39H33B2NO10. The summed E-state index contributed by atoms with van der Waals surface area (Å²) in [4.78, 5) is 41.0. The number of amides is 1. The topological polar surface area (TPSA) is 172 Å². The summed E-state index contributed by atoms with van der Waals surface area (Å²) in [5.41, 5.74) is -1.34. The Morgan fingerprint density at radius 2 is 1.25 bits per heavy atom. The first-order valence-corrected chi connectivity index (χ1v) is 16.7. The van der Waals surface area contributed by atoms with Gasteiger partial charge in [-0.05, 0) is 30.0 Å². The monoisotopic (exact) mass is 697 g/mol. The highest BCUT2D eigenvalue weighted by Crippen LogP contribution is 2.53. The maximum absolute atomic E-state index is 13.9. The number of benzene rings is 5. The van der Waals surface area contributed by atoms with Gasteiger partial charge >= 0.3 is 20.3 Å². The highest BCUT2D eigenvalue weighted by atomic mass is 16.6. The van der Waals surface area contributed by atoms with E-state index in [0.717, 1.165) is 0 Å². The van der Waals surface area contributed by atoms with Crippen molar-refractivity contribution in [2.75, 3.05) is 5.32 Å². The molecule has 1 amide bonds. The van der Waals surface area contributed by atoms with Crippen LogP contribution >= 0.6 is 0 Å². The Labute approximate surface area is 299 Å². The zero-order valence-electron chi connectivity index (χ0n) is 27.9. The van der Waals surface area contributed by atoms with Crippen LogP contribution < -0.4 is 16.2 Å². The average Bonchev–Trinajstić information content (AvgIpc) is 3.16. The summed E-state index contributed by atoms with van der Waals surface area (Å²) in [6, 6.07) is 31.5. The van der Waals surface area contributed by atoms with E-state index in [1.807, 2.05) is 0 Å². The number of ketones is 2. The molecule has 0 heterocycles. The number of hydrogen-bond donors (Lipinski definition) is 5. The first kappa shape index (κ1) is 34.7. The van der Waals surface area contributed by atoms with Crippen LogP contribution in [0, 0.1) is 0 Å². The van der Waals surface area contributed by atoms with Gasteiger partial charge < -0.3 is 34.3 Å². The normalized spacial score (nSPS) is 18.0. The molecule has 0 bridgehead atoms. The first-order chi connectivity index (χ1) is 25.1. The molecule has 3 atom stereocenters. The number of phenolic OH excluding ortho intramolecular Hbond substituents is 2. The van der Waals surface area contributed by atoms with Gasteiger partial charge in [-0.25, -0.2) is 4.79 Å². The molecule has 5 N–H and O–H groups in total. The summed E-state index contributed by atoms with van der Waals surface area (Å²) in [6.45, 7) is 1.54. The number of hydrogen-bond acceptors (Lipinski definition) is 10. The van der Waals surface area contributed by atoms with Crippen molar-refractivity contribution in [1.29, 1.82) is 0 Å². The van der Waals surface area contributed by atoms with Crippen molar-refractivity contribution >= 4 is 48.5 Å². The number of aromatic hydroxyl groups is 2. The van der Waals surface area contributed by atoms with Crippen LogP contribution in [0.2, 0.25) is 0 Å². The maximum Gasteiger partial charge on any atom is 0.491 e. The first-order valence-electron chi connectivity index (χ1n) is 16.7. The van der Waals surface area contributed by atoms with Crippen molar-refractivity contribution in [1.82, 2.24) is 0 Å². The number of fused-ring (bicyclic) bond motifs is 3. The van der Waals surface area contributed by atoms with Gasteiger partial charge in [0.1, 0.15) is 17.6 Å². The molecule has 7 rings (SSSR count). The molecule has 13 heteroatoms. The fourth-order valence-electron chi connectivity index (χ4n) is 7.00. The lowest BCUT2D eigenvalue weighted by molar-refractivity contribution is -0.0894. The van der Waals surface area contributed by atoms with E-state index < -0.39 is 72.3 Å². The predicted molar refractivity (Wildman–Crippen MR) is 193 cm³/mol. The molecular weight excluding hydrogens is 664 g/mol. The van der Waals surface area contributed by atoms with Crippen LogP contribution in [0.25, 0.3) is 0 Å². The summed E-state index contributed by atoms with van der Waals surface area (Å²) >= 11 is 0. The standard InChI is InChI=1S/C39H33B2NO10/c1-23(50-38(47)42-26-17-9-4-10-18-26)39(52-41(49)25-15-7-3-8-16-25)21-29-31(30(22-39)51-40(48)24-13-5-2-6-14-24)37(46)33-32(36(29)45)34(43)27-19-11-12-20-28(27)35(33)44/h2-20,23,30,45-46,48-49H,21-22H2,1H3,(H,42,47)/t23?,30-,39-/m0/s1. The van der Waals surface area contributed by atoms with Gasteiger partial charge in [-0.15, -0.1) is 0 Å². The molecule has 5 aromatic carbocycles. The molecule has 0 aliphatic heterocycles. The van der Waals surface area contributed by atoms with Crippen molar-refractivity contribution < 1.29 is 48.7 Å². The van der Waals surface area contributed by atoms with Crippen LogP contribution in [-0.2, 0) is 20.5 Å². The Balaban J connectivity index is 1.38. The van der Waals surface area contributed by atoms with Crippen molar-refractivity contribution in [3.63, 3.8) is 0 Å². The van der Waals surface area contributed by atoms with E-state index in [9.17, 15) is 34.6 Å². The lowest BCUT2D eigenvalue weighted by atomic mass is 9.68. The molecule has 2 aliphatic carbocycles. The van der Waals surface area contributed by atoms with Crippen LogP contribution in [-0.4, -0.2) is 63.9 Å². The fourth-order valence-corrected chi connectivity index (χ4v) is 7.00. The van der Waals surface area contributed by atoms with Crippen LogP contribution in [0.4, 0.5) is 10.5 Å². The predicted octanol–water partition coefficient (Wildman–Crippen LogP) is 4.05. The third-order valence-corrected chi connectivity index (χ3v) is 9.64. The van der Waals surface area contributed by atoms with Crippen molar-refractivity contribution in [2.45, 2.75) is 37.6 Å². The van der Waals surface area contributed by atoms with E-state index in [1.54, 1.807) is 103 Å². The van der Waals surface area contributed by atoms with E-state index in [0.29, 0.717) is 16.6 Å². The third-order valence-electron chi connectivity index (χ3n) is 9.64. The van der Waals surface area contributed by atoms with E-state index in [1.165, 1.54) is 19.1 Å². The van der Waals surface area contributed by atoms with Gasteiger partial charge in [0.2, 0.25) is 0 Å². The summed E-state index contributed by atoms with van der Waals surface area (Å²) in [5, 5.41) is 49.4. The molecule has 0 saturated heterocycles. The molecule has 52 heavy (non-hydrogen) atoms. The Morgan fingerprint density at radius 3 is 1.83 bits per heavy atom. The van der Waals surface area contributed by atoms with Gasteiger partial charge in [0.05, 0.1) is 22.8 Å². The number of anilines is 1. The molecule has 11 nitrogen and oxygen atoms in total. The second kappa shape index (κ2) is 14.1. The van der Waals surface area contributed by atoms with E-state index >= 15 is 0 Å². The minimum Gasteiger partial charge on any atom is -0.507 e. The third kappa shape index (κ3) is 6.35. The summed E-state index contributed by atoms with van der Waals surface area (Å²) in [6.07, 6.45) is -3.99. The lowest BCUT2D eigenvalue weighted by Crippen LogP contribution is -2.56. The quantitative estimate of drug-likeness (QED) is 0.110. The summed E-state index contributed by atoms with van der Waals surface area (Å²) in [5.74, 6) is -2.57. The smallest absolute Gasteiger partial charge is 0.491 e. The number of carbonyl (C=O) groups is 3. The molecule has 0 spiro atoms. The van der Waals surface area contributed by atoms with Gasteiger partial charge in [-0.2, -0.15) is 0 Å². The van der Waals surface area contributed by atoms with Crippen molar-refractivity contribution in [3.05, 3.63) is 149 Å². The molecule has 1 unspecified atom stereocenters. The zero-order valence-corrected chi connectivity index (χ0v) is 27.9. The second-order valence-corrected chi connectivity index (χ2v) is 12.8. The van der Waals surface area contributed by atoms with Crippen LogP contribution in [0.1, 0.15) is 62.4 Å². The van der Waals surface area contributed by atoms with Gasteiger partial charge in [-0.1, -0.05) is 103 Å². The van der Waals surface area contributed by atoms with Gasteiger partial charge in [0.15, 0.2) is 11.6 Å². The average molecular weight is 697 g/mol. The fraction of sp³-hybridized carbons (Fsp3) is 0.154. The molecule has 260 valence electrons. The van der Waals surface area contributed by atoms with Crippen LogP contribution in [0.15, 0.2) is 115 Å². The summed E-state index contributed by atoms with van der Waals surface area (Å²) in [7, 11) is -3.17. The zero-order chi connectivity index (χ0) is 36.6. The lowest BCUT2D eigenvalue weighted by Gasteiger charge is -2.46. The van der Waals surface area contributed by atoms with Gasteiger partial charge in [-0.3, -0.25) is 14.9 Å². The van der Waals surface area contributed by atoms with Crippen LogP contribution in [0.3, 0.4) is 0 Å². The molecule has 0 aromatic heterocycles. The van der Waals surface area contributed by atoms with E-state index in [-0.39, 0.29) is 35.1 Å². The van der Waals surface area contributed by atoms with E-state index in [2.05, 4.69) is 5.32 Å². The highest BCUT2D eigenvalue weighted by molar-refractivity contribution is 6.60. The maximum atomic E-state index is 13.9.